The second-order valence-corrected chi connectivity index (χ2v) is 6.39. The molecule has 1 N–H and O–H groups in total. The van der Waals surface area contributed by atoms with Crippen LogP contribution in [0.25, 0.3) is 5.76 Å². The molecule has 0 radical (unpaired) electrons. The summed E-state index contributed by atoms with van der Waals surface area (Å²) in [6.07, 6.45) is 0. The molecule has 0 saturated carbocycles. The molecule has 0 spiro atoms. The fourth-order valence-corrected chi connectivity index (χ4v) is 3.12. The van der Waals surface area contributed by atoms with Gasteiger partial charge in [-0.05, 0) is 42.0 Å². The van der Waals surface area contributed by atoms with Crippen LogP contribution in [0.15, 0.2) is 79.4 Å². The van der Waals surface area contributed by atoms with Crippen LogP contribution in [0.1, 0.15) is 31.8 Å². The summed E-state index contributed by atoms with van der Waals surface area (Å²) in [4.78, 5) is 26.3. The number of carbonyl (C=O) groups excluding carboxylic acids is 2. The molecule has 0 fully saturated rings. The van der Waals surface area contributed by atoms with Crippen molar-refractivity contribution in [3.8, 4) is 5.75 Å². The van der Waals surface area contributed by atoms with Crippen molar-refractivity contribution in [2.75, 3.05) is 4.90 Å². The molecule has 3 aromatic carbocycles. The van der Waals surface area contributed by atoms with E-state index in [4.69, 9.17) is 4.74 Å². The molecule has 2 amide bonds. The first-order valence-corrected chi connectivity index (χ1v) is 8.73. The molecule has 1 aliphatic rings. The van der Waals surface area contributed by atoms with Gasteiger partial charge in [-0.2, -0.15) is 0 Å². The van der Waals surface area contributed by atoms with Crippen LogP contribution in [0.4, 0.5) is 5.69 Å². The summed E-state index contributed by atoms with van der Waals surface area (Å²) in [5.41, 5.74) is 2.72. The van der Waals surface area contributed by atoms with Gasteiger partial charge in [-0.15, -0.1) is 0 Å². The zero-order valence-electron chi connectivity index (χ0n) is 15.0. The number of phenolic OH excluding ortho intramolecular Hbond substituents is 1. The Hall–Kier alpha value is -3.86. The number of phenols is 1. The van der Waals surface area contributed by atoms with Gasteiger partial charge in [-0.3, -0.25) is 9.59 Å². The number of rotatable bonds is 5. The van der Waals surface area contributed by atoms with Crippen molar-refractivity contribution in [1.29, 1.82) is 0 Å². The van der Waals surface area contributed by atoms with E-state index >= 15 is 0 Å². The molecule has 3 aromatic rings. The summed E-state index contributed by atoms with van der Waals surface area (Å²) < 4.78 is 5.65. The first-order valence-electron chi connectivity index (χ1n) is 8.73. The van der Waals surface area contributed by atoms with Crippen LogP contribution in [-0.2, 0) is 11.3 Å². The maximum atomic E-state index is 12.5. The summed E-state index contributed by atoms with van der Waals surface area (Å²) in [7, 11) is 0. The highest BCUT2D eigenvalue weighted by atomic mass is 16.5. The van der Waals surface area contributed by atoms with E-state index in [2.05, 4.69) is 6.58 Å². The maximum absolute atomic E-state index is 12.5. The Morgan fingerprint density at radius 1 is 0.857 bits per heavy atom. The molecular formula is C23H17NO4. The van der Waals surface area contributed by atoms with Crippen LogP contribution in [0.3, 0.4) is 0 Å². The average molecular weight is 371 g/mol. The fourth-order valence-electron chi connectivity index (χ4n) is 3.12. The van der Waals surface area contributed by atoms with E-state index in [-0.39, 0.29) is 24.2 Å². The number of aromatic hydroxyl groups is 1. The van der Waals surface area contributed by atoms with Crippen LogP contribution in [0.2, 0.25) is 0 Å². The molecule has 0 saturated heterocycles. The first-order chi connectivity index (χ1) is 13.6. The number of benzene rings is 3. The number of ether oxygens (including phenoxy) is 1. The molecular weight excluding hydrogens is 354 g/mol. The molecule has 28 heavy (non-hydrogen) atoms. The third kappa shape index (κ3) is 3.03. The number of hydrogen-bond donors (Lipinski definition) is 1. The summed E-state index contributed by atoms with van der Waals surface area (Å²) >= 11 is 0. The van der Waals surface area contributed by atoms with Crippen LogP contribution in [0, 0.1) is 0 Å². The van der Waals surface area contributed by atoms with Gasteiger partial charge >= 0.3 is 0 Å². The van der Waals surface area contributed by atoms with Crippen molar-refractivity contribution in [2.24, 2.45) is 0 Å². The third-order valence-electron chi connectivity index (χ3n) is 4.61. The van der Waals surface area contributed by atoms with Gasteiger partial charge in [0, 0.05) is 0 Å². The Kier molecular flexibility index (Phi) is 4.41. The first kappa shape index (κ1) is 17.5. The van der Waals surface area contributed by atoms with Crippen LogP contribution in [0.5, 0.6) is 5.75 Å². The highest BCUT2D eigenvalue weighted by molar-refractivity contribution is 6.34. The Morgan fingerprint density at radius 2 is 1.43 bits per heavy atom. The molecule has 5 nitrogen and oxygen atoms in total. The van der Waals surface area contributed by atoms with Gasteiger partial charge in [0.1, 0.15) is 18.1 Å². The zero-order valence-corrected chi connectivity index (χ0v) is 15.0. The lowest BCUT2D eigenvalue weighted by Crippen LogP contribution is -2.29. The number of imide groups is 1. The monoisotopic (exact) mass is 371 g/mol. The van der Waals surface area contributed by atoms with Crippen molar-refractivity contribution in [1.82, 2.24) is 0 Å². The van der Waals surface area contributed by atoms with E-state index < -0.39 is 0 Å². The van der Waals surface area contributed by atoms with Gasteiger partial charge in [-0.25, -0.2) is 4.90 Å². The van der Waals surface area contributed by atoms with Crippen molar-refractivity contribution in [2.45, 2.75) is 6.61 Å². The SMILES string of the molecule is C=C(OCc1ccc(N2C(=O)c3ccccc3C2=O)cc1)c1ccccc1O. The van der Waals surface area contributed by atoms with E-state index in [1.54, 1.807) is 72.8 Å². The van der Waals surface area contributed by atoms with Gasteiger partial charge in [0.2, 0.25) is 0 Å². The lowest BCUT2D eigenvalue weighted by atomic mass is 10.1. The van der Waals surface area contributed by atoms with Gasteiger partial charge in [0.05, 0.1) is 22.4 Å². The number of fused-ring (bicyclic) bond motifs is 1. The predicted octanol–water partition coefficient (Wildman–Crippen LogP) is 4.38. The number of nitrogens with zero attached hydrogens (tertiary/aromatic N) is 1. The fraction of sp³-hybridized carbons (Fsp3) is 0.0435. The minimum Gasteiger partial charge on any atom is -0.507 e. The summed E-state index contributed by atoms with van der Waals surface area (Å²) in [5.74, 6) is -0.175. The Bertz CT molecular complexity index is 1050. The second-order valence-electron chi connectivity index (χ2n) is 6.39. The maximum Gasteiger partial charge on any atom is 0.266 e. The topological polar surface area (TPSA) is 66.8 Å². The summed E-state index contributed by atoms with van der Waals surface area (Å²) in [6.45, 7) is 4.09. The molecule has 0 unspecified atom stereocenters. The normalized spacial score (nSPS) is 12.8. The van der Waals surface area contributed by atoms with Crippen molar-refractivity contribution >= 4 is 23.3 Å². The summed E-state index contributed by atoms with van der Waals surface area (Å²) in [6, 6.07) is 20.6. The number of anilines is 1. The third-order valence-corrected chi connectivity index (χ3v) is 4.61. The number of amides is 2. The standard InChI is InChI=1S/C23H17NO4/c1-15(18-6-4-5-9-21(18)25)28-14-16-10-12-17(13-11-16)24-22(26)19-7-2-3-8-20(19)23(24)27/h2-13,25H,1,14H2. The molecule has 5 heteroatoms. The summed E-state index contributed by atoms with van der Waals surface area (Å²) in [5, 5.41) is 9.85. The van der Waals surface area contributed by atoms with Crippen LogP contribution in [-0.4, -0.2) is 16.9 Å². The van der Waals surface area contributed by atoms with E-state index in [1.165, 1.54) is 4.90 Å². The Morgan fingerprint density at radius 3 is 2.04 bits per heavy atom. The van der Waals surface area contributed by atoms with E-state index in [1.807, 2.05) is 0 Å². The van der Waals surface area contributed by atoms with Gasteiger partial charge in [0.15, 0.2) is 0 Å². The largest absolute Gasteiger partial charge is 0.507 e. The minimum absolute atomic E-state index is 0.105. The zero-order chi connectivity index (χ0) is 19.7. The highest BCUT2D eigenvalue weighted by Gasteiger charge is 2.36. The van der Waals surface area contributed by atoms with Crippen molar-refractivity contribution < 1.29 is 19.4 Å². The van der Waals surface area contributed by atoms with E-state index in [0.717, 1.165) is 5.56 Å². The van der Waals surface area contributed by atoms with E-state index in [0.29, 0.717) is 28.1 Å². The van der Waals surface area contributed by atoms with Gasteiger partial charge < -0.3 is 9.84 Å². The van der Waals surface area contributed by atoms with Gasteiger partial charge in [0.25, 0.3) is 11.8 Å². The van der Waals surface area contributed by atoms with Crippen molar-refractivity contribution in [3.63, 3.8) is 0 Å². The molecule has 1 heterocycles. The molecule has 0 atom stereocenters. The van der Waals surface area contributed by atoms with Crippen LogP contribution < -0.4 is 4.90 Å². The quantitative estimate of drug-likeness (QED) is 0.534. The Labute approximate surface area is 162 Å². The highest BCUT2D eigenvalue weighted by Crippen LogP contribution is 2.29. The lowest BCUT2D eigenvalue weighted by Gasteiger charge is -2.15. The second kappa shape index (κ2) is 7.04. The minimum atomic E-state index is -0.322. The van der Waals surface area contributed by atoms with Crippen molar-refractivity contribution in [3.05, 3.63) is 102 Å². The van der Waals surface area contributed by atoms with E-state index in [9.17, 15) is 14.7 Å². The molecule has 138 valence electrons. The molecule has 4 rings (SSSR count). The smallest absolute Gasteiger partial charge is 0.266 e. The number of carbonyl (C=O) groups is 2. The lowest BCUT2D eigenvalue weighted by molar-refractivity contribution is 0.0926. The van der Waals surface area contributed by atoms with Gasteiger partial charge in [-0.1, -0.05) is 43.0 Å². The number of para-hydroxylation sites is 1. The molecule has 0 aromatic heterocycles. The molecule has 0 aliphatic carbocycles. The van der Waals surface area contributed by atoms with Crippen LogP contribution >= 0.6 is 0 Å². The average Bonchev–Trinajstić information content (AvgIpc) is 2.98. The number of hydrogen-bond acceptors (Lipinski definition) is 4. The predicted molar refractivity (Wildman–Crippen MR) is 106 cm³/mol. The molecule has 0 bridgehead atoms. The Balaban J connectivity index is 1.47. The molecule has 1 aliphatic heterocycles.